The van der Waals surface area contributed by atoms with E-state index in [1.807, 2.05) is 18.2 Å². The summed E-state index contributed by atoms with van der Waals surface area (Å²) in [6.45, 7) is 6.56. The molecule has 0 amide bonds. The fraction of sp³-hybridized carbons (Fsp3) is 0.600. The molecule has 1 atom stereocenters. The number of hydrogen-bond acceptors (Lipinski definition) is 4. The van der Waals surface area contributed by atoms with Crippen molar-refractivity contribution in [3.8, 4) is 5.75 Å². The van der Waals surface area contributed by atoms with Gasteiger partial charge in [-0.1, -0.05) is 15.9 Å². The number of aliphatic hydroxyl groups is 1. The van der Waals surface area contributed by atoms with Crippen LogP contribution < -0.4 is 4.74 Å². The van der Waals surface area contributed by atoms with Crippen molar-refractivity contribution in [2.24, 2.45) is 0 Å². The van der Waals surface area contributed by atoms with Crippen molar-refractivity contribution < 1.29 is 14.6 Å². The second-order valence-electron chi connectivity index (χ2n) is 5.81. The number of halogens is 1. The van der Waals surface area contributed by atoms with Crippen LogP contribution in [-0.2, 0) is 11.3 Å². The van der Waals surface area contributed by atoms with Gasteiger partial charge in [0.05, 0.1) is 25.4 Å². The van der Waals surface area contributed by atoms with Crippen molar-refractivity contribution in [2.75, 3.05) is 26.8 Å². The minimum absolute atomic E-state index is 0.0548. The van der Waals surface area contributed by atoms with E-state index in [4.69, 9.17) is 9.47 Å². The Morgan fingerprint density at radius 2 is 2.25 bits per heavy atom. The molecule has 1 unspecified atom stereocenters. The molecule has 1 fully saturated rings. The summed E-state index contributed by atoms with van der Waals surface area (Å²) in [7, 11) is 1.67. The first-order chi connectivity index (χ1) is 9.43. The highest BCUT2D eigenvalue weighted by molar-refractivity contribution is 9.10. The van der Waals surface area contributed by atoms with Crippen molar-refractivity contribution in [1.29, 1.82) is 0 Å². The number of methoxy groups -OCH3 is 1. The lowest BCUT2D eigenvalue weighted by Gasteiger charge is -2.42. The number of benzene rings is 1. The average Bonchev–Trinajstić information content (AvgIpc) is 2.39. The molecule has 1 aromatic rings. The quantitative estimate of drug-likeness (QED) is 0.911. The molecule has 1 aliphatic rings. The number of ether oxygens (including phenoxy) is 2. The van der Waals surface area contributed by atoms with Gasteiger partial charge in [0.2, 0.25) is 0 Å². The highest BCUT2D eigenvalue weighted by atomic mass is 79.9. The highest BCUT2D eigenvalue weighted by Crippen LogP contribution is 2.27. The maximum atomic E-state index is 9.36. The molecular weight excluding hydrogens is 322 g/mol. The van der Waals surface area contributed by atoms with Gasteiger partial charge in [-0.25, -0.2) is 0 Å². The van der Waals surface area contributed by atoms with Crippen LogP contribution >= 0.6 is 15.9 Å². The Morgan fingerprint density at radius 1 is 1.50 bits per heavy atom. The smallest absolute Gasteiger partial charge is 0.119 e. The first kappa shape index (κ1) is 15.8. The third kappa shape index (κ3) is 3.95. The van der Waals surface area contributed by atoms with Gasteiger partial charge in [0.25, 0.3) is 0 Å². The molecule has 2 rings (SSSR count). The molecule has 0 saturated carbocycles. The number of hydrogen-bond donors (Lipinski definition) is 1. The first-order valence-corrected chi connectivity index (χ1v) is 7.56. The first-order valence-electron chi connectivity index (χ1n) is 6.77. The zero-order valence-corrected chi connectivity index (χ0v) is 13.8. The minimum atomic E-state index is -0.239. The molecule has 112 valence electrons. The minimum Gasteiger partial charge on any atom is -0.497 e. The zero-order chi connectivity index (χ0) is 14.8. The second-order valence-corrected chi connectivity index (χ2v) is 6.66. The van der Waals surface area contributed by atoms with E-state index in [-0.39, 0.29) is 18.3 Å². The monoisotopic (exact) mass is 343 g/mol. The van der Waals surface area contributed by atoms with Crippen LogP contribution in [0.1, 0.15) is 19.4 Å². The van der Waals surface area contributed by atoms with E-state index in [1.54, 1.807) is 7.11 Å². The van der Waals surface area contributed by atoms with Gasteiger partial charge in [0, 0.05) is 24.1 Å². The van der Waals surface area contributed by atoms with E-state index in [1.165, 1.54) is 5.56 Å². The van der Waals surface area contributed by atoms with E-state index >= 15 is 0 Å². The van der Waals surface area contributed by atoms with Crippen molar-refractivity contribution >= 4 is 15.9 Å². The third-order valence-electron chi connectivity index (χ3n) is 3.40. The summed E-state index contributed by atoms with van der Waals surface area (Å²) < 4.78 is 12.2. The molecule has 1 heterocycles. The normalized spacial score (nSPS) is 22.8. The molecule has 5 heteroatoms. The Kier molecular flexibility index (Phi) is 5.07. The molecule has 0 radical (unpaired) electrons. The lowest BCUT2D eigenvalue weighted by atomic mass is 10.0. The topological polar surface area (TPSA) is 41.9 Å². The molecule has 20 heavy (non-hydrogen) atoms. The van der Waals surface area contributed by atoms with Crippen molar-refractivity contribution in [2.45, 2.75) is 32.1 Å². The van der Waals surface area contributed by atoms with Gasteiger partial charge in [-0.15, -0.1) is 0 Å². The molecule has 4 nitrogen and oxygen atoms in total. The highest BCUT2D eigenvalue weighted by Gasteiger charge is 2.33. The van der Waals surface area contributed by atoms with Crippen molar-refractivity contribution in [1.82, 2.24) is 4.90 Å². The Balaban J connectivity index is 2.12. The van der Waals surface area contributed by atoms with Crippen LogP contribution in [0.5, 0.6) is 5.75 Å². The van der Waals surface area contributed by atoms with Gasteiger partial charge < -0.3 is 14.6 Å². The summed E-state index contributed by atoms with van der Waals surface area (Å²) in [5, 5.41) is 9.36. The Morgan fingerprint density at radius 3 is 2.90 bits per heavy atom. The SMILES string of the molecule is COc1ccc(Br)c(CN2CC(CO)OC(C)(C)C2)c1. The van der Waals surface area contributed by atoms with Gasteiger partial charge in [0.1, 0.15) is 5.75 Å². The van der Waals surface area contributed by atoms with Gasteiger partial charge in [-0.05, 0) is 37.6 Å². The fourth-order valence-corrected chi connectivity index (χ4v) is 3.04. The summed E-state index contributed by atoms with van der Waals surface area (Å²) in [4.78, 5) is 2.31. The Labute approximate surface area is 128 Å². The number of rotatable bonds is 4. The van der Waals surface area contributed by atoms with E-state index in [9.17, 15) is 5.11 Å². The molecule has 1 N–H and O–H groups in total. The molecule has 0 aliphatic carbocycles. The molecular formula is C15H22BrNO3. The summed E-state index contributed by atoms with van der Waals surface area (Å²) in [6, 6.07) is 5.98. The zero-order valence-electron chi connectivity index (χ0n) is 12.2. The predicted molar refractivity (Wildman–Crippen MR) is 82.0 cm³/mol. The van der Waals surface area contributed by atoms with E-state index < -0.39 is 0 Å². The van der Waals surface area contributed by atoms with Gasteiger partial charge in [-0.2, -0.15) is 0 Å². The Hall–Kier alpha value is -0.620. The molecule has 1 aliphatic heterocycles. The third-order valence-corrected chi connectivity index (χ3v) is 4.18. The number of morpholine rings is 1. The molecule has 0 aromatic heterocycles. The summed E-state index contributed by atoms with van der Waals surface area (Å²) in [6.07, 6.45) is -0.122. The van der Waals surface area contributed by atoms with Gasteiger partial charge in [0.15, 0.2) is 0 Å². The molecule has 0 spiro atoms. The Bertz CT molecular complexity index is 464. The molecule has 1 aromatic carbocycles. The van der Waals surface area contributed by atoms with Crippen LogP contribution in [0.2, 0.25) is 0 Å². The summed E-state index contributed by atoms with van der Waals surface area (Å²) >= 11 is 3.58. The van der Waals surface area contributed by atoms with Crippen LogP contribution in [-0.4, -0.2) is 48.5 Å². The van der Waals surface area contributed by atoms with Crippen molar-refractivity contribution in [3.05, 3.63) is 28.2 Å². The molecule has 1 saturated heterocycles. The van der Waals surface area contributed by atoms with Gasteiger partial charge >= 0.3 is 0 Å². The lowest BCUT2D eigenvalue weighted by molar-refractivity contribution is -0.150. The van der Waals surface area contributed by atoms with Crippen LogP contribution in [0.4, 0.5) is 0 Å². The number of nitrogens with zero attached hydrogens (tertiary/aromatic N) is 1. The van der Waals surface area contributed by atoms with E-state index in [0.717, 1.165) is 29.9 Å². The maximum Gasteiger partial charge on any atom is 0.119 e. The fourth-order valence-electron chi connectivity index (χ4n) is 2.67. The van der Waals surface area contributed by atoms with E-state index in [0.29, 0.717) is 0 Å². The second kappa shape index (κ2) is 6.43. The van der Waals surface area contributed by atoms with Crippen LogP contribution in [0, 0.1) is 0 Å². The lowest BCUT2D eigenvalue weighted by Crippen LogP contribution is -2.53. The summed E-state index contributed by atoms with van der Waals surface area (Å²) in [5.41, 5.74) is 0.940. The summed E-state index contributed by atoms with van der Waals surface area (Å²) in [5.74, 6) is 0.856. The average molecular weight is 344 g/mol. The number of aliphatic hydroxyl groups excluding tert-OH is 1. The van der Waals surface area contributed by atoms with Crippen LogP contribution in [0.15, 0.2) is 22.7 Å². The van der Waals surface area contributed by atoms with Crippen LogP contribution in [0.3, 0.4) is 0 Å². The largest absolute Gasteiger partial charge is 0.497 e. The van der Waals surface area contributed by atoms with Crippen LogP contribution in [0.25, 0.3) is 0 Å². The van der Waals surface area contributed by atoms with Gasteiger partial charge in [-0.3, -0.25) is 4.90 Å². The van der Waals surface area contributed by atoms with E-state index in [2.05, 4.69) is 34.7 Å². The molecule has 0 bridgehead atoms. The predicted octanol–water partition coefficient (Wildman–Crippen LogP) is 2.43. The van der Waals surface area contributed by atoms with Crippen molar-refractivity contribution in [3.63, 3.8) is 0 Å². The maximum absolute atomic E-state index is 9.36. The standard InChI is InChI=1S/C15H22BrNO3/c1-15(2)10-17(8-13(9-18)20-15)7-11-6-12(19-3)4-5-14(11)16/h4-6,13,18H,7-10H2,1-3H3.